The fourth-order valence-corrected chi connectivity index (χ4v) is 4.93. The average Bonchev–Trinajstić information content (AvgIpc) is 2.82. The Morgan fingerprint density at radius 1 is 0.941 bits per heavy atom. The van der Waals surface area contributed by atoms with Crippen molar-refractivity contribution in [2.45, 2.75) is 31.7 Å². The number of halogens is 1. The minimum absolute atomic E-state index is 0.143. The molecule has 3 rings (SSSR count). The van der Waals surface area contributed by atoms with Crippen LogP contribution < -0.4 is 4.72 Å². The number of nitrogens with one attached hydrogen (secondary N) is 1. The minimum Gasteiger partial charge on any atom is -0.337 e. The van der Waals surface area contributed by atoms with Crippen molar-refractivity contribution in [1.29, 1.82) is 0 Å². The molecule has 1 unspecified atom stereocenters. The number of likely N-dealkylation sites (N-methyl/N-ethyl adjacent to an activating group) is 1. The van der Waals surface area contributed by atoms with E-state index in [-0.39, 0.29) is 34.3 Å². The van der Waals surface area contributed by atoms with E-state index in [0.29, 0.717) is 17.1 Å². The highest BCUT2D eigenvalue weighted by Gasteiger charge is 2.25. The third-order valence-corrected chi connectivity index (χ3v) is 7.22. The summed E-state index contributed by atoms with van der Waals surface area (Å²) < 4.78 is 28.1. The van der Waals surface area contributed by atoms with Gasteiger partial charge >= 0.3 is 0 Å². The molecular formula is C26H27ClN2O4S. The lowest BCUT2D eigenvalue weighted by Crippen LogP contribution is -2.44. The summed E-state index contributed by atoms with van der Waals surface area (Å²) in [7, 11) is -3.73. The lowest BCUT2D eigenvalue weighted by Gasteiger charge is -2.26. The highest BCUT2D eigenvalue weighted by Crippen LogP contribution is 2.19. The molecule has 0 saturated heterocycles. The van der Waals surface area contributed by atoms with Gasteiger partial charge in [-0.3, -0.25) is 9.59 Å². The molecule has 0 saturated carbocycles. The number of carbonyl (C=O) groups is 2. The Morgan fingerprint density at radius 2 is 1.53 bits per heavy atom. The molecule has 0 heterocycles. The van der Waals surface area contributed by atoms with E-state index in [2.05, 4.69) is 4.72 Å². The molecule has 3 aromatic carbocycles. The first-order chi connectivity index (χ1) is 16.1. The molecule has 3 aromatic rings. The van der Waals surface area contributed by atoms with Crippen molar-refractivity contribution in [3.05, 3.63) is 100 Å². The van der Waals surface area contributed by atoms with Crippen molar-refractivity contribution in [1.82, 2.24) is 9.62 Å². The van der Waals surface area contributed by atoms with Gasteiger partial charge in [0.2, 0.25) is 10.0 Å². The van der Waals surface area contributed by atoms with Crippen LogP contribution in [0, 0.1) is 6.92 Å². The number of aryl methyl sites for hydroxylation is 1. The van der Waals surface area contributed by atoms with Crippen molar-refractivity contribution < 1.29 is 18.0 Å². The molecule has 0 bridgehead atoms. The number of rotatable bonds is 9. The second-order valence-electron chi connectivity index (χ2n) is 8.06. The molecular weight excluding hydrogens is 472 g/mol. The smallest absolute Gasteiger partial charge is 0.254 e. The van der Waals surface area contributed by atoms with Gasteiger partial charge < -0.3 is 4.90 Å². The van der Waals surface area contributed by atoms with Gasteiger partial charge in [-0.1, -0.05) is 47.5 Å². The lowest BCUT2D eigenvalue weighted by atomic mass is 9.97. The molecule has 1 amide bonds. The van der Waals surface area contributed by atoms with Crippen molar-refractivity contribution in [3.63, 3.8) is 0 Å². The summed E-state index contributed by atoms with van der Waals surface area (Å²) in [6.45, 7) is 5.88. The van der Waals surface area contributed by atoms with Crippen LogP contribution in [0.4, 0.5) is 0 Å². The van der Waals surface area contributed by atoms with E-state index in [0.717, 1.165) is 5.56 Å². The molecule has 34 heavy (non-hydrogen) atoms. The Morgan fingerprint density at radius 3 is 2.12 bits per heavy atom. The van der Waals surface area contributed by atoms with Crippen LogP contribution in [0.25, 0.3) is 0 Å². The average molecular weight is 499 g/mol. The van der Waals surface area contributed by atoms with Gasteiger partial charge in [-0.05, 0) is 63.2 Å². The largest absolute Gasteiger partial charge is 0.337 e. The van der Waals surface area contributed by atoms with E-state index >= 15 is 0 Å². The lowest BCUT2D eigenvalue weighted by molar-refractivity contribution is 0.0750. The van der Waals surface area contributed by atoms with Crippen molar-refractivity contribution in [3.8, 4) is 0 Å². The van der Waals surface area contributed by atoms with Gasteiger partial charge in [-0.25, -0.2) is 13.1 Å². The van der Waals surface area contributed by atoms with Crippen molar-refractivity contribution >= 4 is 33.3 Å². The number of ketones is 1. The number of nitrogens with zero attached hydrogens (tertiary/aromatic N) is 1. The topological polar surface area (TPSA) is 83.6 Å². The zero-order valence-corrected chi connectivity index (χ0v) is 20.9. The first-order valence-electron chi connectivity index (χ1n) is 10.9. The van der Waals surface area contributed by atoms with Gasteiger partial charge in [-0.2, -0.15) is 0 Å². The molecule has 1 atom stereocenters. The molecule has 8 heteroatoms. The van der Waals surface area contributed by atoms with Crippen LogP contribution in [0.3, 0.4) is 0 Å². The summed E-state index contributed by atoms with van der Waals surface area (Å²) in [5, 5.41) is 0.514. The predicted molar refractivity (Wildman–Crippen MR) is 134 cm³/mol. The summed E-state index contributed by atoms with van der Waals surface area (Å²) in [5.74, 6) is -0.633. The summed E-state index contributed by atoms with van der Waals surface area (Å²) in [5.41, 5.74) is 1.92. The Hall–Kier alpha value is -3.00. The maximum atomic E-state index is 13.4. The first-order valence-corrected chi connectivity index (χ1v) is 12.8. The summed E-state index contributed by atoms with van der Waals surface area (Å²) in [4.78, 5) is 28.1. The van der Waals surface area contributed by atoms with E-state index in [1.807, 2.05) is 13.8 Å². The fraction of sp³-hybridized carbons (Fsp3) is 0.231. The number of amides is 1. The van der Waals surface area contributed by atoms with E-state index in [4.69, 9.17) is 11.6 Å². The molecule has 0 aliphatic rings. The van der Waals surface area contributed by atoms with Crippen LogP contribution in [0.15, 0.2) is 77.7 Å². The number of hydrogen-bond donors (Lipinski definition) is 1. The maximum Gasteiger partial charge on any atom is 0.254 e. The van der Waals surface area contributed by atoms with Gasteiger partial charge in [0.1, 0.15) is 0 Å². The van der Waals surface area contributed by atoms with E-state index < -0.39 is 16.1 Å². The van der Waals surface area contributed by atoms with Crippen molar-refractivity contribution in [2.24, 2.45) is 0 Å². The summed E-state index contributed by atoms with van der Waals surface area (Å²) >= 11 is 5.92. The van der Waals surface area contributed by atoms with Gasteiger partial charge in [0.05, 0.1) is 10.5 Å². The normalized spacial score (nSPS) is 12.2. The number of sulfonamides is 1. The van der Waals surface area contributed by atoms with E-state index in [1.54, 1.807) is 79.7 Å². The van der Waals surface area contributed by atoms with Crippen LogP contribution >= 0.6 is 11.6 Å². The highest BCUT2D eigenvalue weighted by atomic mass is 35.5. The molecule has 178 valence electrons. The van der Waals surface area contributed by atoms with Gasteiger partial charge in [0.25, 0.3) is 5.91 Å². The number of carbonyl (C=O) groups excluding carboxylic acids is 2. The Kier molecular flexibility index (Phi) is 8.25. The molecule has 0 aromatic heterocycles. The van der Waals surface area contributed by atoms with E-state index in [9.17, 15) is 18.0 Å². The van der Waals surface area contributed by atoms with Gasteiger partial charge in [-0.15, -0.1) is 0 Å². The molecule has 0 fully saturated rings. The van der Waals surface area contributed by atoms with Gasteiger partial charge in [0.15, 0.2) is 5.78 Å². The van der Waals surface area contributed by atoms with Crippen LogP contribution in [0.2, 0.25) is 5.02 Å². The second kappa shape index (κ2) is 11.0. The summed E-state index contributed by atoms with van der Waals surface area (Å²) in [6, 6.07) is 19.1. The molecule has 0 aliphatic heterocycles. The number of benzene rings is 3. The van der Waals surface area contributed by atoms with Gasteiger partial charge in [0, 0.05) is 35.3 Å². The molecule has 0 radical (unpaired) electrons. The SMILES string of the molecule is CCN(CC(C)NS(=O)(=O)c1ccc(C)cc1)C(=O)c1ccccc1C(=O)c1ccc(Cl)cc1. The quantitative estimate of drug-likeness (QED) is 0.433. The second-order valence-corrected chi connectivity index (χ2v) is 10.2. The van der Waals surface area contributed by atoms with Crippen LogP contribution in [0.5, 0.6) is 0 Å². The van der Waals surface area contributed by atoms with Crippen LogP contribution in [-0.2, 0) is 10.0 Å². The number of hydrogen-bond acceptors (Lipinski definition) is 4. The zero-order chi connectivity index (χ0) is 24.9. The standard InChI is InChI=1S/C26H27ClN2O4S/c1-4-29(17-19(3)28-34(32,33)22-15-9-18(2)10-16-22)26(31)24-8-6-5-7-23(24)25(30)20-11-13-21(27)14-12-20/h5-16,19,28H,4,17H2,1-3H3. The monoisotopic (exact) mass is 498 g/mol. The maximum absolute atomic E-state index is 13.4. The zero-order valence-electron chi connectivity index (χ0n) is 19.3. The molecule has 1 N–H and O–H groups in total. The molecule has 0 spiro atoms. The first kappa shape index (κ1) is 25.6. The Balaban J connectivity index is 1.78. The van der Waals surface area contributed by atoms with Crippen molar-refractivity contribution in [2.75, 3.05) is 13.1 Å². The Bertz CT molecular complexity index is 1270. The summed E-state index contributed by atoms with van der Waals surface area (Å²) in [6.07, 6.45) is 0. The predicted octanol–water partition coefficient (Wildman–Crippen LogP) is 4.71. The molecule has 0 aliphatic carbocycles. The minimum atomic E-state index is -3.73. The Labute approximate surface area is 205 Å². The van der Waals surface area contributed by atoms with E-state index in [1.165, 1.54) is 4.90 Å². The highest BCUT2D eigenvalue weighted by molar-refractivity contribution is 7.89. The molecule has 6 nitrogen and oxygen atoms in total. The van der Waals surface area contributed by atoms with Crippen LogP contribution in [0.1, 0.15) is 45.7 Å². The third kappa shape index (κ3) is 6.11. The van der Waals surface area contributed by atoms with Crippen LogP contribution in [-0.4, -0.2) is 44.1 Å². The fourth-order valence-electron chi connectivity index (χ4n) is 3.57. The third-order valence-electron chi connectivity index (χ3n) is 5.36.